The van der Waals surface area contributed by atoms with Crippen LogP contribution in [0.2, 0.25) is 10.0 Å². The van der Waals surface area contributed by atoms with Crippen LogP contribution >= 0.6 is 23.2 Å². The summed E-state index contributed by atoms with van der Waals surface area (Å²) in [6, 6.07) is 20.7. The van der Waals surface area contributed by atoms with E-state index >= 15 is 0 Å². The largest absolute Gasteiger partial charge is 0.379 e. The number of nitrogens with zero attached hydrogens (tertiary/aromatic N) is 3. The Kier molecular flexibility index (Phi) is 11.3. The number of hydrogen-bond donors (Lipinski definition) is 2. The standard InChI is InChI=1S/C34H39Cl2N5O4/c35-29-11-10-28(21-30(29)36)41(23-32(37)42)15-12-33(43)38-31(22-39-16-18-45-19-17-39)25-8-6-24(7-9-25)26-4-3-5-27(20-26)34(44)40-13-1-2-14-40/h3-11,20-21,31H,1-2,12-19,22-23H2,(H2,37,42)(H,38,43). The van der Waals surface area contributed by atoms with E-state index in [1.165, 1.54) is 0 Å². The van der Waals surface area contributed by atoms with Crippen molar-refractivity contribution < 1.29 is 19.1 Å². The summed E-state index contributed by atoms with van der Waals surface area (Å²) in [6.45, 7) is 5.33. The van der Waals surface area contributed by atoms with Crippen molar-refractivity contribution in [1.29, 1.82) is 0 Å². The molecule has 0 spiro atoms. The summed E-state index contributed by atoms with van der Waals surface area (Å²) in [6.07, 6.45) is 2.25. The van der Waals surface area contributed by atoms with Crippen LogP contribution in [0.5, 0.6) is 0 Å². The van der Waals surface area contributed by atoms with Gasteiger partial charge in [-0.2, -0.15) is 0 Å². The van der Waals surface area contributed by atoms with Gasteiger partial charge in [-0.1, -0.05) is 59.6 Å². The van der Waals surface area contributed by atoms with Crippen molar-refractivity contribution in [1.82, 2.24) is 15.1 Å². The molecule has 2 heterocycles. The lowest BCUT2D eigenvalue weighted by atomic mass is 9.98. The fraction of sp³-hybridized carbons (Fsp3) is 0.382. The van der Waals surface area contributed by atoms with E-state index in [-0.39, 0.29) is 37.4 Å². The van der Waals surface area contributed by atoms with E-state index in [9.17, 15) is 14.4 Å². The Balaban J connectivity index is 1.29. The summed E-state index contributed by atoms with van der Waals surface area (Å²) in [5.41, 5.74) is 9.79. The summed E-state index contributed by atoms with van der Waals surface area (Å²) in [4.78, 5) is 44.0. The van der Waals surface area contributed by atoms with Gasteiger partial charge in [0.25, 0.3) is 5.91 Å². The Hall–Kier alpha value is -3.63. The predicted molar refractivity (Wildman–Crippen MR) is 178 cm³/mol. The second-order valence-corrected chi connectivity index (χ2v) is 12.3. The molecule has 0 aromatic heterocycles. The van der Waals surface area contributed by atoms with Gasteiger partial charge < -0.3 is 25.6 Å². The highest BCUT2D eigenvalue weighted by Crippen LogP contribution is 2.28. The van der Waals surface area contributed by atoms with Crippen LogP contribution in [0.15, 0.2) is 66.7 Å². The quantitative estimate of drug-likeness (QED) is 0.292. The number of halogens is 2. The summed E-state index contributed by atoms with van der Waals surface area (Å²) >= 11 is 12.3. The molecule has 0 aliphatic carbocycles. The molecule has 3 amide bonds. The number of hydrogen-bond acceptors (Lipinski definition) is 6. The maximum Gasteiger partial charge on any atom is 0.253 e. The van der Waals surface area contributed by atoms with Gasteiger partial charge in [-0.25, -0.2) is 0 Å². The molecule has 3 aromatic carbocycles. The zero-order chi connectivity index (χ0) is 31.8. The van der Waals surface area contributed by atoms with Gasteiger partial charge >= 0.3 is 0 Å². The van der Waals surface area contributed by atoms with E-state index < -0.39 is 5.91 Å². The molecule has 1 unspecified atom stereocenters. The van der Waals surface area contributed by atoms with Crippen LogP contribution in [0.25, 0.3) is 11.1 Å². The third-order valence-corrected chi connectivity index (χ3v) is 8.99. The van der Waals surface area contributed by atoms with E-state index in [0.29, 0.717) is 41.1 Å². The molecule has 3 aromatic rings. The smallest absolute Gasteiger partial charge is 0.253 e. The number of amides is 3. The number of rotatable bonds is 12. The highest BCUT2D eigenvalue weighted by molar-refractivity contribution is 6.42. The van der Waals surface area contributed by atoms with Crippen LogP contribution in [0.4, 0.5) is 5.69 Å². The van der Waals surface area contributed by atoms with Crippen LogP contribution in [-0.2, 0) is 14.3 Å². The first kappa shape index (κ1) is 32.8. The van der Waals surface area contributed by atoms with Gasteiger partial charge in [0, 0.05) is 56.9 Å². The molecule has 238 valence electrons. The molecular formula is C34H39Cl2N5O4. The molecule has 2 aliphatic rings. The predicted octanol–water partition coefficient (Wildman–Crippen LogP) is 4.77. The highest BCUT2D eigenvalue weighted by atomic mass is 35.5. The minimum Gasteiger partial charge on any atom is -0.379 e. The Bertz CT molecular complexity index is 1490. The Morgan fingerprint density at radius 2 is 1.62 bits per heavy atom. The number of likely N-dealkylation sites (tertiary alicyclic amines) is 1. The molecule has 0 bridgehead atoms. The molecule has 2 aliphatic heterocycles. The number of nitrogens with one attached hydrogen (secondary N) is 1. The van der Waals surface area contributed by atoms with Crippen molar-refractivity contribution in [2.24, 2.45) is 5.73 Å². The molecule has 2 saturated heterocycles. The Labute approximate surface area is 274 Å². The van der Waals surface area contributed by atoms with E-state index in [0.717, 1.165) is 55.7 Å². The van der Waals surface area contributed by atoms with Gasteiger partial charge in [-0.05, 0) is 59.9 Å². The van der Waals surface area contributed by atoms with Gasteiger partial charge in [-0.15, -0.1) is 0 Å². The van der Waals surface area contributed by atoms with Gasteiger partial charge in [0.2, 0.25) is 11.8 Å². The average Bonchev–Trinajstić information content (AvgIpc) is 3.59. The summed E-state index contributed by atoms with van der Waals surface area (Å²) < 4.78 is 5.53. The van der Waals surface area contributed by atoms with Crippen molar-refractivity contribution in [2.75, 3.05) is 63.9 Å². The van der Waals surface area contributed by atoms with E-state index in [2.05, 4.69) is 10.2 Å². The van der Waals surface area contributed by atoms with Gasteiger partial charge in [0.1, 0.15) is 0 Å². The molecular weight excluding hydrogens is 613 g/mol. The fourth-order valence-electron chi connectivity index (χ4n) is 5.79. The lowest BCUT2D eigenvalue weighted by Gasteiger charge is -2.31. The zero-order valence-electron chi connectivity index (χ0n) is 25.2. The maximum atomic E-state index is 13.3. The number of carbonyl (C=O) groups excluding carboxylic acids is 3. The number of primary amides is 1. The molecule has 3 N–H and O–H groups in total. The van der Waals surface area contributed by atoms with E-state index in [1.807, 2.05) is 53.4 Å². The van der Waals surface area contributed by atoms with E-state index in [4.69, 9.17) is 33.7 Å². The second-order valence-electron chi connectivity index (χ2n) is 11.5. The minimum absolute atomic E-state index is 0.0608. The van der Waals surface area contributed by atoms with Crippen LogP contribution in [0.1, 0.15) is 41.2 Å². The summed E-state index contributed by atoms with van der Waals surface area (Å²) in [7, 11) is 0. The minimum atomic E-state index is -0.516. The fourth-order valence-corrected chi connectivity index (χ4v) is 6.08. The SMILES string of the molecule is NC(=O)CN(CCC(=O)NC(CN1CCOCC1)c1ccc(-c2cccc(C(=O)N3CCCC3)c2)cc1)c1ccc(Cl)c(Cl)c1. The van der Waals surface area contributed by atoms with Crippen molar-refractivity contribution in [3.8, 4) is 11.1 Å². The number of nitrogens with two attached hydrogens (primary N) is 1. The summed E-state index contributed by atoms with van der Waals surface area (Å²) in [5, 5.41) is 3.97. The molecule has 2 fully saturated rings. The lowest BCUT2D eigenvalue weighted by molar-refractivity contribution is -0.122. The van der Waals surface area contributed by atoms with Crippen LogP contribution in [0.3, 0.4) is 0 Å². The van der Waals surface area contributed by atoms with Crippen molar-refractivity contribution >= 4 is 46.6 Å². The first-order valence-electron chi connectivity index (χ1n) is 15.3. The monoisotopic (exact) mass is 651 g/mol. The normalized spacial score (nSPS) is 15.9. The molecule has 11 heteroatoms. The Morgan fingerprint density at radius 1 is 0.889 bits per heavy atom. The van der Waals surface area contributed by atoms with Gasteiger partial charge in [-0.3, -0.25) is 19.3 Å². The number of carbonyl (C=O) groups is 3. The van der Waals surface area contributed by atoms with E-state index in [1.54, 1.807) is 23.1 Å². The van der Waals surface area contributed by atoms with Gasteiger partial charge in [0.15, 0.2) is 0 Å². The summed E-state index contributed by atoms with van der Waals surface area (Å²) in [5.74, 6) is -0.592. The highest BCUT2D eigenvalue weighted by Gasteiger charge is 2.22. The molecule has 45 heavy (non-hydrogen) atoms. The lowest BCUT2D eigenvalue weighted by Crippen LogP contribution is -2.44. The number of morpholine rings is 1. The van der Waals surface area contributed by atoms with Crippen molar-refractivity contribution in [2.45, 2.75) is 25.3 Å². The van der Waals surface area contributed by atoms with Crippen LogP contribution < -0.4 is 16.0 Å². The van der Waals surface area contributed by atoms with Gasteiger partial charge in [0.05, 0.1) is 35.8 Å². The second kappa shape index (κ2) is 15.6. The number of benzene rings is 3. The molecule has 1 atom stereocenters. The van der Waals surface area contributed by atoms with Crippen molar-refractivity contribution in [3.05, 3.63) is 87.9 Å². The number of ether oxygens (including phenoxy) is 1. The Morgan fingerprint density at radius 3 is 2.31 bits per heavy atom. The van der Waals surface area contributed by atoms with Crippen molar-refractivity contribution in [3.63, 3.8) is 0 Å². The molecule has 0 radical (unpaired) electrons. The van der Waals surface area contributed by atoms with Crippen LogP contribution in [0, 0.1) is 0 Å². The zero-order valence-corrected chi connectivity index (χ0v) is 26.7. The molecule has 5 rings (SSSR count). The average molecular weight is 653 g/mol. The topological polar surface area (TPSA) is 108 Å². The van der Waals surface area contributed by atoms with Crippen LogP contribution in [-0.4, -0.2) is 86.5 Å². The first-order chi connectivity index (χ1) is 21.8. The maximum absolute atomic E-state index is 13.3. The third kappa shape index (κ3) is 8.98. The first-order valence-corrected chi connectivity index (χ1v) is 16.1. The third-order valence-electron chi connectivity index (χ3n) is 8.25. The number of anilines is 1. The molecule has 9 nitrogen and oxygen atoms in total. The molecule has 0 saturated carbocycles.